The van der Waals surface area contributed by atoms with E-state index in [0.29, 0.717) is 5.56 Å². The number of ketones is 2. The van der Waals surface area contributed by atoms with Gasteiger partial charge in [0.15, 0.2) is 0 Å². The second-order valence-electron chi connectivity index (χ2n) is 3.44. The maximum atomic E-state index is 11.6. The molecule has 0 radical (unpaired) electrons. The number of nitrogens with zero attached hydrogens (tertiary/aromatic N) is 1. The Labute approximate surface area is 100 Å². The summed E-state index contributed by atoms with van der Waals surface area (Å²) in [5.74, 6) is -0.145. The lowest BCUT2D eigenvalue weighted by Gasteiger charge is -1.97. The zero-order valence-electron chi connectivity index (χ0n) is 8.58. The molecule has 0 saturated heterocycles. The number of hydrogen-bond acceptors (Lipinski definition) is 3. The summed E-state index contributed by atoms with van der Waals surface area (Å²) in [5.41, 5.74) is 1.95. The fourth-order valence-corrected chi connectivity index (χ4v) is 1.75. The zero-order chi connectivity index (χ0) is 11.7. The number of Topliss-reactive ketones (excluding diaryl/α,β-unsaturated/α-hetero) is 2. The zero-order valence-corrected chi connectivity index (χ0v) is 10.2. The van der Waals surface area contributed by atoms with Gasteiger partial charge >= 0.3 is 0 Å². The van der Waals surface area contributed by atoms with Gasteiger partial charge in [0, 0.05) is 5.56 Å². The highest BCUT2D eigenvalue weighted by molar-refractivity contribution is 9.09. The monoisotopic (exact) mass is 280 g/mol. The second-order valence-corrected chi connectivity index (χ2v) is 4.00. The molecule has 1 aromatic carbocycles. The number of nitrogens with one attached hydrogen (secondary N) is 1. The molecule has 82 valence electrons. The molecule has 0 saturated carbocycles. The first-order valence-corrected chi connectivity index (χ1v) is 5.84. The van der Waals surface area contributed by atoms with E-state index in [1.54, 1.807) is 18.2 Å². The fraction of sp³-hybridized carbons (Fsp3) is 0.182. The number of rotatable bonds is 3. The molecule has 0 unspecified atom stereocenters. The van der Waals surface area contributed by atoms with Crippen molar-refractivity contribution < 1.29 is 9.59 Å². The lowest BCUT2D eigenvalue weighted by Crippen LogP contribution is -2.14. The Balaban J connectivity index is 2.46. The van der Waals surface area contributed by atoms with Crippen LogP contribution in [0, 0.1) is 6.92 Å². The minimum absolute atomic E-state index is 0.0475. The summed E-state index contributed by atoms with van der Waals surface area (Å²) in [6.07, 6.45) is 0. The number of aryl methyl sites for hydroxylation is 1. The van der Waals surface area contributed by atoms with Gasteiger partial charge in [-0.15, -0.1) is 0 Å². The number of alkyl halides is 1. The molecule has 1 heterocycles. The van der Waals surface area contributed by atoms with E-state index < -0.39 is 11.6 Å². The molecule has 16 heavy (non-hydrogen) atoms. The Morgan fingerprint density at radius 1 is 1.44 bits per heavy atom. The lowest BCUT2D eigenvalue weighted by molar-refractivity contribution is -0.112. The predicted molar refractivity (Wildman–Crippen MR) is 64.0 cm³/mol. The highest BCUT2D eigenvalue weighted by Gasteiger charge is 2.15. The van der Waals surface area contributed by atoms with E-state index in [0.717, 1.165) is 16.9 Å². The summed E-state index contributed by atoms with van der Waals surface area (Å²) in [4.78, 5) is 30.1. The van der Waals surface area contributed by atoms with Crippen molar-refractivity contribution in [3.63, 3.8) is 0 Å². The normalized spacial score (nSPS) is 10.6. The van der Waals surface area contributed by atoms with Crippen molar-refractivity contribution >= 4 is 38.5 Å². The van der Waals surface area contributed by atoms with Gasteiger partial charge in [-0.1, -0.05) is 15.9 Å². The maximum absolute atomic E-state index is 11.6. The molecule has 1 aromatic heterocycles. The Kier molecular flexibility index (Phi) is 2.87. The van der Waals surface area contributed by atoms with Gasteiger partial charge in [-0.2, -0.15) is 0 Å². The molecule has 4 nitrogen and oxygen atoms in total. The van der Waals surface area contributed by atoms with Gasteiger partial charge in [0.1, 0.15) is 5.82 Å². The highest BCUT2D eigenvalue weighted by atomic mass is 79.9. The number of hydrogen-bond donors (Lipinski definition) is 1. The highest BCUT2D eigenvalue weighted by Crippen LogP contribution is 2.14. The summed E-state index contributed by atoms with van der Waals surface area (Å²) in [5, 5.41) is 0.0475. The van der Waals surface area contributed by atoms with Gasteiger partial charge in [0.2, 0.25) is 11.6 Å². The summed E-state index contributed by atoms with van der Waals surface area (Å²) in [7, 11) is 0. The van der Waals surface area contributed by atoms with Gasteiger partial charge in [0.05, 0.1) is 16.4 Å². The van der Waals surface area contributed by atoms with E-state index >= 15 is 0 Å². The van der Waals surface area contributed by atoms with E-state index in [1.807, 2.05) is 6.92 Å². The van der Waals surface area contributed by atoms with Crippen molar-refractivity contribution in [2.45, 2.75) is 6.92 Å². The Morgan fingerprint density at radius 3 is 2.88 bits per heavy atom. The van der Waals surface area contributed by atoms with E-state index in [-0.39, 0.29) is 5.33 Å². The van der Waals surface area contributed by atoms with Crippen molar-refractivity contribution in [3.05, 3.63) is 29.6 Å². The topological polar surface area (TPSA) is 62.8 Å². The van der Waals surface area contributed by atoms with Gasteiger partial charge in [-0.3, -0.25) is 9.59 Å². The van der Waals surface area contributed by atoms with Crippen LogP contribution in [0.1, 0.15) is 16.2 Å². The van der Waals surface area contributed by atoms with Gasteiger partial charge in [0.25, 0.3) is 0 Å². The van der Waals surface area contributed by atoms with Crippen molar-refractivity contribution in [1.82, 2.24) is 9.97 Å². The third kappa shape index (κ3) is 1.90. The number of H-pyrrole nitrogens is 1. The first kappa shape index (κ1) is 11.0. The van der Waals surface area contributed by atoms with Crippen LogP contribution in [-0.2, 0) is 4.79 Å². The average molecular weight is 281 g/mol. The number of aromatic nitrogens is 2. The van der Waals surface area contributed by atoms with E-state index in [1.165, 1.54) is 0 Å². The molecule has 0 aliphatic rings. The first-order chi connectivity index (χ1) is 7.61. The third-order valence-corrected chi connectivity index (χ3v) is 2.75. The SMILES string of the molecule is Cc1nc2ccc(C(=O)C(=O)CBr)cc2[nH]1. The number of carbonyl (C=O) groups is 2. The van der Waals surface area contributed by atoms with Crippen LogP contribution in [0.4, 0.5) is 0 Å². The van der Waals surface area contributed by atoms with Gasteiger partial charge in [-0.25, -0.2) is 4.98 Å². The van der Waals surface area contributed by atoms with Crippen molar-refractivity contribution in [2.24, 2.45) is 0 Å². The summed E-state index contributed by atoms with van der Waals surface area (Å²) < 4.78 is 0. The molecule has 2 aromatic rings. The summed E-state index contributed by atoms with van der Waals surface area (Å²) in [6.45, 7) is 1.84. The molecular formula is C11H9BrN2O2. The second kappa shape index (κ2) is 4.17. The van der Waals surface area contributed by atoms with E-state index in [2.05, 4.69) is 25.9 Å². The molecule has 5 heteroatoms. The van der Waals surface area contributed by atoms with E-state index in [4.69, 9.17) is 0 Å². The quantitative estimate of drug-likeness (QED) is 0.532. The van der Waals surface area contributed by atoms with Crippen LogP contribution in [0.5, 0.6) is 0 Å². The Morgan fingerprint density at radius 2 is 2.19 bits per heavy atom. The van der Waals surface area contributed by atoms with Crippen molar-refractivity contribution in [3.8, 4) is 0 Å². The van der Waals surface area contributed by atoms with Crippen LogP contribution in [-0.4, -0.2) is 26.9 Å². The molecule has 0 aliphatic heterocycles. The number of benzene rings is 1. The standard InChI is InChI=1S/C11H9BrN2O2/c1-6-13-8-3-2-7(4-9(8)14-6)11(16)10(15)5-12/h2-4H,5H2,1H3,(H,13,14). The number of carbonyl (C=O) groups excluding carboxylic acids is 2. The molecular weight excluding hydrogens is 272 g/mol. The number of fused-ring (bicyclic) bond motifs is 1. The molecule has 0 spiro atoms. The summed E-state index contributed by atoms with van der Waals surface area (Å²) >= 11 is 2.98. The Hall–Kier alpha value is -1.49. The van der Waals surface area contributed by atoms with Crippen LogP contribution in [0.2, 0.25) is 0 Å². The van der Waals surface area contributed by atoms with Crippen LogP contribution >= 0.6 is 15.9 Å². The summed E-state index contributed by atoms with van der Waals surface area (Å²) in [6, 6.07) is 5.00. The molecule has 1 N–H and O–H groups in total. The van der Waals surface area contributed by atoms with Gasteiger partial charge < -0.3 is 4.98 Å². The van der Waals surface area contributed by atoms with Crippen LogP contribution < -0.4 is 0 Å². The molecule has 0 atom stereocenters. The number of imidazole rings is 1. The average Bonchev–Trinajstić information content (AvgIpc) is 2.65. The predicted octanol–water partition coefficient (Wildman–Crippen LogP) is 2.02. The Bertz CT molecular complexity index is 574. The van der Waals surface area contributed by atoms with Crippen molar-refractivity contribution in [2.75, 3.05) is 5.33 Å². The maximum Gasteiger partial charge on any atom is 0.229 e. The number of aromatic amines is 1. The largest absolute Gasteiger partial charge is 0.342 e. The smallest absolute Gasteiger partial charge is 0.229 e. The van der Waals surface area contributed by atoms with Crippen LogP contribution in [0.15, 0.2) is 18.2 Å². The first-order valence-electron chi connectivity index (χ1n) is 4.71. The van der Waals surface area contributed by atoms with Crippen molar-refractivity contribution in [1.29, 1.82) is 0 Å². The lowest BCUT2D eigenvalue weighted by atomic mass is 10.1. The molecule has 2 rings (SSSR count). The molecule has 0 aliphatic carbocycles. The van der Waals surface area contributed by atoms with Crippen LogP contribution in [0.25, 0.3) is 11.0 Å². The molecule has 0 bridgehead atoms. The molecule has 0 fully saturated rings. The molecule has 0 amide bonds. The van der Waals surface area contributed by atoms with Crippen LogP contribution in [0.3, 0.4) is 0 Å². The fourth-order valence-electron chi connectivity index (χ4n) is 1.50. The minimum atomic E-state index is -0.481. The van der Waals surface area contributed by atoms with E-state index in [9.17, 15) is 9.59 Å². The minimum Gasteiger partial charge on any atom is -0.342 e. The number of halogens is 1. The third-order valence-electron chi connectivity index (χ3n) is 2.24. The van der Waals surface area contributed by atoms with Gasteiger partial charge in [-0.05, 0) is 25.1 Å².